The quantitative estimate of drug-likeness (QED) is 0.895. The van der Waals surface area contributed by atoms with Crippen LogP contribution in [0.1, 0.15) is 19.3 Å². The zero-order chi connectivity index (χ0) is 14.0. The van der Waals surface area contributed by atoms with Crippen molar-refractivity contribution < 1.29 is 19.1 Å². The van der Waals surface area contributed by atoms with Gasteiger partial charge in [-0.1, -0.05) is 22.4 Å². The van der Waals surface area contributed by atoms with Gasteiger partial charge in [0.05, 0.1) is 17.5 Å². The van der Waals surface area contributed by atoms with Crippen molar-refractivity contribution >= 4 is 33.5 Å². The monoisotopic (exact) mass is 329 g/mol. The topological polar surface area (TPSA) is 66.4 Å². The lowest BCUT2D eigenvalue weighted by Gasteiger charge is -2.15. The van der Waals surface area contributed by atoms with Gasteiger partial charge in [0.15, 0.2) is 0 Å². The SMILES string of the molecule is O=C(O)C1CCCC1C(=O)Nc1ccc(Br)cc1F. The highest BCUT2D eigenvalue weighted by Crippen LogP contribution is 2.33. The molecule has 0 heterocycles. The highest BCUT2D eigenvalue weighted by atomic mass is 79.9. The van der Waals surface area contributed by atoms with Crippen LogP contribution in [0.2, 0.25) is 0 Å². The Morgan fingerprint density at radius 2 is 2.00 bits per heavy atom. The molecule has 1 aromatic carbocycles. The molecule has 1 aliphatic carbocycles. The van der Waals surface area contributed by atoms with Crippen LogP contribution < -0.4 is 5.32 Å². The van der Waals surface area contributed by atoms with E-state index in [2.05, 4.69) is 21.2 Å². The molecule has 1 saturated carbocycles. The summed E-state index contributed by atoms with van der Waals surface area (Å²) in [6.07, 6.45) is 1.73. The van der Waals surface area contributed by atoms with Crippen molar-refractivity contribution in [1.29, 1.82) is 0 Å². The van der Waals surface area contributed by atoms with E-state index in [-0.39, 0.29) is 5.69 Å². The predicted molar refractivity (Wildman–Crippen MR) is 71.2 cm³/mol. The van der Waals surface area contributed by atoms with Crippen LogP contribution in [0.15, 0.2) is 22.7 Å². The Bertz CT molecular complexity index is 521. The van der Waals surface area contributed by atoms with Crippen molar-refractivity contribution in [2.24, 2.45) is 11.8 Å². The Morgan fingerprint density at radius 3 is 2.63 bits per heavy atom. The van der Waals surface area contributed by atoms with E-state index >= 15 is 0 Å². The minimum atomic E-state index is -0.964. The van der Waals surface area contributed by atoms with Crippen molar-refractivity contribution in [3.8, 4) is 0 Å². The summed E-state index contributed by atoms with van der Waals surface area (Å²) in [4.78, 5) is 23.0. The summed E-state index contributed by atoms with van der Waals surface area (Å²) in [5.41, 5.74) is 0.0734. The third-order valence-electron chi connectivity index (χ3n) is 3.36. The third-order valence-corrected chi connectivity index (χ3v) is 3.85. The predicted octanol–water partition coefficient (Wildman–Crippen LogP) is 3.03. The second-order valence-corrected chi connectivity index (χ2v) is 5.51. The van der Waals surface area contributed by atoms with Gasteiger partial charge in [-0.05, 0) is 31.0 Å². The molecular formula is C13H13BrFNO3. The summed E-state index contributed by atoms with van der Waals surface area (Å²) in [5.74, 6) is -3.19. The second kappa shape index (κ2) is 5.69. The van der Waals surface area contributed by atoms with Crippen LogP contribution in [0.4, 0.5) is 10.1 Å². The smallest absolute Gasteiger partial charge is 0.307 e. The zero-order valence-electron chi connectivity index (χ0n) is 10.0. The van der Waals surface area contributed by atoms with Crippen LogP contribution in [0.25, 0.3) is 0 Å². The number of hydrogen-bond donors (Lipinski definition) is 2. The summed E-state index contributed by atoms with van der Waals surface area (Å²) in [6, 6.07) is 4.31. The molecular weight excluding hydrogens is 317 g/mol. The number of carboxylic acid groups (broad SMARTS) is 1. The minimum absolute atomic E-state index is 0.0734. The summed E-state index contributed by atoms with van der Waals surface area (Å²) < 4.78 is 14.2. The molecule has 4 nitrogen and oxygen atoms in total. The summed E-state index contributed by atoms with van der Waals surface area (Å²) in [5, 5.41) is 11.5. The molecule has 2 atom stereocenters. The van der Waals surface area contributed by atoms with E-state index < -0.39 is 29.5 Å². The molecule has 0 spiro atoms. The maximum absolute atomic E-state index is 13.6. The lowest BCUT2D eigenvalue weighted by Crippen LogP contribution is -2.30. The molecule has 1 aliphatic rings. The molecule has 0 aliphatic heterocycles. The molecule has 1 aromatic rings. The van der Waals surface area contributed by atoms with Gasteiger partial charge < -0.3 is 10.4 Å². The molecule has 6 heteroatoms. The Hall–Kier alpha value is -1.43. The van der Waals surface area contributed by atoms with Crippen LogP contribution in [0.5, 0.6) is 0 Å². The van der Waals surface area contributed by atoms with Crippen LogP contribution in [0, 0.1) is 17.7 Å². The number of aliphatic carboxylic acids is 1. The Balaban J connectivity index is 2.10. The van der Waals surface area contributed by atoms with Crippen molar-refractivity contribution in [2.45, 2.75) is 19.3 Å². The average molecular weight is 330 g/mol. The first-order chi connectivity index (χ1) is 8.99. The van der Waals surface area contributed by atoms with E-state index in [0.29, 0.717) is 23.7 Å². The summed E-state index contributed by atoms with van der Waals surface area (Å²) >= 11 is 3.13. The number of benzene rings is 1. The van der Waals surface area contributed by atoms with E-state index in [1.54, 1.807) is 6.07 Å². The number of hydrogen-bond acceptors (Lipinski definition) is 2. The normalized spacial score (nSPS) is 22.2. The molecule has 1 fully saturated rings. The number of carboxylic acids is 1. The Labute approximate surface area is 118 Å². The highest BCUT2D eigenvalue weighted by Gasteiger charge is 2.37. The van der Waals surface area contributed by atoms with Gasteiger partial charge in [0.2, 0.25) is 5.91 Å². The van der Waals surface area contributed by atoms with Crippen molar-refractivity contribution in [3.63, 3.8) is 0 Å². The zero-order valence-corrected chi connectivity index (χ0v) is 11.6. The summed E-state index contributed by atoms with van der Waals surface area (Å²) in [6.45, 7) is 0. The van der Waals surface area contributed by atoms with Crippen LogP contribution in [-0.4, -0.2) is 17.0 Å². The first kappa shape index (κ1) is 14.0. The lowest BCUT2D eigenvalue weighted by molar-refractivity contribution is -0.145. The number of amides is 1. The van der Waals surface area contributed by atoms with Gasteiger partial charge >= 0.3 is 5.97 Å². The van der Waals surface area contributed by atoms with Crippen molar-refractivity contribution in [2.75, 3.05) is 5.32 Å². The van der Waals surface area contributed by atoms with Gasteiger partial charge in [0.25, 0.3) is 0 Å². The largest absolute Gasteiger partial charge is 0.481 e. The Kier molecular flexibility index (Phi) is 4.19. The molecule has 0 radical (unpaired) electrons. The molecule has 1 amide bonds. The standard InChI is InChI=1S/C13H13BrFNO3/c14-7-4-5-11(10(15)6-7)16-12(17)8-2-1-3-9(8)13(18)19/h4-6,8-9H,1-3H2,(H,16,17)(H,18,19). The number of halogens is 2. The minimum Gasteiger partial charge on any atom is -0.481 e. The van der Waals surface area contributed by atoms with E-state index in [1.807, 2.05) is 0 Å². The number of nitrogens with one attached hydrogen (secondary N) is 1. The maximum atomic E-state index is 13.6. The van der Waals surface area contributed by atoms with E-state index in [1.165, 1.54) is 12.1 Å². The molecule has 102 valence electrons. The van der Waals surface area contributed by atoms with Gasteiger partial charge in [0, 0.05) is 4.47 Å². The third kappa shape index (κ3) is 3.12. The number of carbonyl (C=O) groups is 2. The van der Waals surface area contributed by atoms with Crippen LogP contribution in [-0.2, 0) is 9.59 Å². The number of carbonyl (C=O) groups excluding carboxylic acids is 1. The molecule has 2 rings (SSSR count). The van der Waals surface area contributed by atoms with Gasteiger partial charge in [-0.25, -0.2) is 4.39 Å². The molecule has 19 heavy (non-hydrogen) atoms. The average Bonchev–Trinajstić information content (AvgIpc) is 2.82. The Morgan fingerprint density at radius 1 is 1.32 bits per heavy atom. The molecule has 2 unspecified atom stereocenters. The van der Waals surface area contributed by atoms with E-state index in [4.69, 9.17) is 5.11 Å². The van der Waals surface area contributed by atoms with Crippen molar-refractivity contribution in [3.05, 3.63) is 28.5 Å². The maximum Gasteiger partial charge on any atom is 0.307 e. The molecule has 0 aromatic heterocycles. The molecule has 2 N–H and O–H groups in total. The second-order valence-electron chi connectivity index (χ2n) is 4.60. The lowest BCUT2D eigenvalue weighted by atomic mass is 9.95. The van der Waals surface area contributed by atoms with Gasteiger partial charge in [0.1, 0.15) is 5.82 Å². The number of rotatable bonds is 3. The first-order valence-electron chi connectivity index (χ1n) is 5.98. The van der Waals surface area contributed by atoms with Crippen LogP contribution >= 0.6 is 15.9 Å². The van der Waals surface area contributed by atoms with Crippen molar-refractivity contribution in [1.82, 2.24) is 0 Å². The molecule has 0 bridgehead atoms. The van der Waals surface area contributed by atoms with E-state index in [9.17, 15) is 14.0 Å². The highest BCUT2D eigenvalue weighted by molar-refractivity contribution is 9.10. The first-order valence-corrected chi connectivity index (χ1v) is 6.77. The van der Waals surface area contributed by atoms with Gasteiger partial charge in [-0.15, -0.1) is 0 Å². The fourth-order valence-corrected chi connectivity index (χ4v) is 2.72. The van der Waals surface area contributed by atoms with Crippen LogP contribution in [0.3, 0.4) is 0 Å². The van der Waals surface area contributed by atoms with Gasteiger partial charge in [-0.3, -0.25) is 9.59 Å². The molecule has 0 saturated heterocycles. The van der Waals surface area contributed by atoms with E-state index in [0.717, 1.165) is 0 Å². The summed E-state index contributed by atoms with van der Waals surface area (Å²) in [7, 11) is 0. The van der Waals surface area contributed by atoms with Gasteiger partial charge in [-0.2, -0.15) is 0 Å². The number of anilines is 1. The fourth-order valence-electron chi connectivity index (χ4n) is 2.39. The fraction of sp³-hybridized carbons (Fsp3) is 0.385.